The van der Waals surface area contributed by atoms with Gasteiger partial charge in [-0.25, -0.2) is 8.42 Å². The molecule has 2 atom stereocenters. The predicted molar refractivity (Wildman–Crippen MR) is 81.6 cm³/mol. The predicted octanol–water partition coefficient (Wildman–Crippen LogP) is 2.65. The molecule has 110 valence electrons. The van der Waals surface area contributed by atoms with Gasteiger partial charge >= 0.3 is 0 Å². The summed E-state index contributed by atoms with van der Waals surface area (Å²) in [5.41, 5.74) is 1.97. The van der Waals surface area contributed by atoms with Gasteiger partial charge in [-0.1, -0.05) is 24.3 Å². The first-order valence-electron chi connectivity index (χ1n) is 7.05. The number of benzene rings is 1. The summed E-state index contributed by atoms with van der Waals surface area (Å²) in [6.07, 6.45) is 4.19. The summed E-state index contributed by atoms with van der Waals surface area (Å²) < 4.78 is 24.3. The van der Waals surface area contributed by atoms with Crippen LogP contribution in [0.5, 0.6) is 0 Å². The molecule has 1 aromatic heterocycles. The van der Waals surface area contributed by atoms with Gasteiger partial charge in [0.1, 0.15) is 0 Å². The molecule has 0 bridgehead atoms. The number of nitrogens with one attached hydrogen (secondary N) is 1. The maximum absolute atomic E-state index is 12.1. The number of hydrogen-bond acceptors (Lipinski definition) is 4. The Hall–Kier alpha value is -1.72. The van der Waals surface area contributed by atoms with E-state index >= 15 is 0 Å². The van der Waals surface area contributed by atoms with Gasteiger partial charge in [0, 0.05) is 24.5 Å². The molecule has 0 spiro atoms. The van der Waals surface area contributed by atoms with Crippen LogP contribution in [0.4, 0.5) is 0 Å². The summed E-state index contributed by atoms with van der Waals surface area (Å²) in [5, 5.41) is 3.52. The molecule has 5 heteroatoms. The number of aromatic nitrogens is 1. The fourth-order valence-electron chi connectivity index (χ4n) is 2.79. The van der Waals surface area contributed by atoms with E-state index in [-0.39, 0.29) is 17.8 Å². The average Bonchev–Trinajstić information content (AvgIpc) is 2.51. The number of sulfone groups is 1. The molecule has 3 rings (SSSR count). The quantitative estimate of drug-likeness (QED) is 0.947. The highest BCUT2D eigenvalue weighted by atomic mass is 32.2. The van der Waals surface area contributed by atoms with Crippen molar-refractivity contribution in [2.24, 2.45) is 0 Å². The Morgan fingerprint density at radius 1 is 1.24 bits per heavy atom. The van der Waals surface area contributed by atoms with E-state index in [1.807, 2.05) is 30.5 Å². The van der Waals surface area contributed by atoms with Gasteiger partial charge in [0.15, 0.2) is 9.84 Å². The summed E-state index contributed by atoms with van der Waals surface area (Å²) in [4.78, 5) is 4.60. The normalized spacial score (nSPS) is 21.5. The zero-order chi connectivity index (χ0) is 14.9. The summed E-state index contributed by atoms with van der Waals surface area (Å²) in [7, 11) is -3.13. The second kappa shape index (κ2) is 5.58. The van der Waals surface area contributed by atoms with E-state index in [1.165, 1.54) is 0 Å². The zero-order valence-corrected chi connectivity index (χ0v) is 12.7. The zero-order valence-electron chi connectivity index (χ0n) is 11.9. The van der Waals surface area contributed by atoms with Crippen molar-refractivity contribution in [2.75, 3.05) is 5.75 Å². The number of pyridine rings is 1. The topological polar surface area (TPSA) is 59.1 Å². The molecule has 21 heavy (non-hydrogen) atoms. The lowest BCUT2D eigenvalue weighted by Crippen LogP contribution is -2.31. The van der Waals surface area contributed by atoms with E-state index in [4.69, 9.17) is 0 Å². The van der Waals surface area contributed by atoms with Crippen molar-refractivity contribution in [1.82, 2.24) is 10.3 Å². The molecular formula is C16H18N2O2S. The van der Waals surface area contributed by atoms with Crippen LogP contribution in [0.1, 0.15) is 36.6 Å². The maximum atomic E-state index is 12.1. The largest absolute Gasteiger partial charge is 0.303 e. The van der Waals surface area contributed by atoms with Crippen molar-refractivity contribution < 1.29 is 8.42 Å². The van der Waals surface area contributed by atoms with Crippen LogP contribution < -0.4 is 5.32 Å². The van der Waals surface area contributed by atoms with E-state index in [9.17, 15) is 8.42 Å². The van der Waals surface area contributed by atoms with Gasteiger partial charge in [-0.05, 0) is 36.6 Å². The third-order valence-electron chi connectivity index (χ3n) is 3.94. The Morgan fingerprint density at radius 3 is 2.81 bits per heavy atom. The summed E-state index contributed by atoms with van der Waals surface area (Å²) in [6, 6.07) is 11.4. The van der Waals surface area contributed by atoms with Crippen molar-refractivity contribution in [2.45, 2.75) is 30.3 Å². The molecule has 4 nitrogen and oxygen atoms in total. The second-order valence-corrected chi connectivity index (χ2v) is 7.45. The summed E-state index contributed by atoms with van der Waals surface area (Å²) >= 11 is 0. The van der Waals surface area contributed by atoms with Crippen molar-refractivity contribution in [3.63, 3.8) is 0 Å². The van der Waals surface area contributed by atoms with Gasteiger partial charge in [-0.2, -0.15) is 0 Å². The van der Waals surface area contributed by atoms with Gasteiger partial charge in [0.05, 0.1) is 10.6 Å². The summed E-state index contributed by atoms with van der Waals surface area (Å²) in [6.45, 7) is 2.07. The van der Waals surface area contributed by atoms with Crippen LogP contribution >= 0.6 is 0 Å². The molecule has 1 aliphatic heterocycles. The Bertz CT molecular complexity index is 729. The SMILES string of the molecule is C[C@H](NC1CCS(=O)(=O)c2ccccc21)c1cccnc1. The Labute approximate surface area is 125 Å². The average molecular weight is 302 g/mol. The molecule has 0 saturated heterocycles. The lowest BCUT2D eigenvalue weighted by atomic mass is 10.0. The van der Waals surface area contributed by atoms with Gasteiger partial charge in [-0.15, -0.1) is 0 Å². The molecule has 1 unspecified atom stereocenters. The van der Waals surface area contributed by atoms with Gasteiger partial charge in [0.25, 0.3) is 0 Å². The molecule has 0 fully saturated rings. The third-order valence-corrected chi connectivity index (χ3v) is 5.76. The van der Waals surface area contributed by atoms with Crippen LogP contribution in [0.25, 0.3) is 0 Å². The minimum atomic E-state index is -3.13. The first-order chi connectivity index (χ1) is 10.1. The van der Waals surface area contributed by atoms with Crippen LogP contribution in [-0.2, 0) is 9.84 Å². The monoisotopic (exact) mass is 302 g/mol. The highest BCUT2D eigenvalue weighted by Crippen LogP contribution is 2.33. The first kappa shape index (κ1) is 14.2. The van der Waals surface area contributed by atoms with E-state index in [2.05, 4.69) is 17.2 Å². The number of rotatable bonds is 3. The minimum Gasteiger partial charge on any atom is -0.303 e. The van der Waals surface area contributed by atoms with E-state index in [0.29, 0.717) is 11.3 Å². The van der Waals surface area contributed by atoms with Gasteiger partial charge in [-0.3, -0.25) is 4.98 Å². The Morgan fingerprint density at radius 2 is 2.05 bits per heavy atom. The van der Waals surface area contributed by atoms with E-state index in [0.717, 1.165) is 11.1 Å². The van der Waals surface area contributed by atoms with Crippen LogP contribution in [0.15, 0.2) is 53.7 Å². The van der Waals surface area contributed by atoms with Gasteiger partial charge in [0.2, 0.25) is 0 Å². The first-order valence-corrected chi connectivity index (χ1v) is 8.71. The van der Waals surface area contributed by atoms with Crippen molar-refractivity contribution in [3.05, 3.63) is 59.9 Å². The van der Waals surface area contributed by atoms with E-state index in [1.54, 1.807) is 18.3 Å². The van der Waals surface area contributed by atoms with Crippen molar-refractivity contribution in [3.8, 4) is 0 Å². The molecule has 1 aliphatic rings. The molecule has 0 amide bonds. The fourth-order valence-corrected chi connectivity index (χ4v) is 4.41. The molecule has 0 radical (unpaired) electrons. The number of nitrogens with zero attached hydrogens (tertiary/aromatic N) is 1. The molecule has 1 N–H and O–H groups in total. The molecular weight excluding hydrogens is 284 g/mol. The lowest BCUT2D eigenvalue weighted by molar-refractivity contribution is 0.440. The molecule has 1 aromatic carbocycles. The highest BCUT2D eigenvalue weighted by molar-refractivity contribution is 7.91. The smallest absolute Gasteiger partial charge is 0.178 e. The number of hydrogen-bond donors (Lipinski definition) is 1. The van der Waals surface area contributed by atoms with Crippen LogP contribution in [0.2, 0.25) is 0 Å². The van der Waals surface area contributed by atoms with Crippen LogP contribution in [0.3, 0.4) is 0 Å². The molecule has 2 heterocycles. The van der Waals surface area contributed by atoms with Crippen molar-refractivity contribution >= 4 is 9.84 Å². The lowest BCUT2D eigenvalue weighted by Gasteiger charge is -2.29. The molecule has 0 aliphatic carbocycles. The second-order valence-electron chi connectivity index (χ2n) is 5.37. The maximum Gasteiger partial charge on any atom is 0.178 e. The van der Waals surface area contributed by atoms with Crippen LogP contribution in [-0.4, -0.2) is 19.2 Å². The molecule has 0 saturated carbocycles. The van der Waals surface area contributed by atoms with Crippen LogP contribution in [0, 0.1) is 0 Å². The van der Waals surface area contributed by atoms with Crippen molar-refractivity contribution in [1.29, 1.82) is 0 Å². The van der Waals surface area contributed by atoms with E-state index < -0.39 is 9.84 Å². The minimum absolute atomic E-state index is 0.0555. The fraction of sp³-hybridized carbons (Fsp3) is 0.312. The Balaban J connectivity index is 1.88. The van der Waals surface area contributed by atoms with Gasteiger partial charge < -0.3 is 5.32 Å². The standard InChI is InChI=1S/C16H18N2O2S/c1-12(13-5-4-9-17-11-13)18-15-8-10-21(19,20)16-7-3-2-6-14(15)16/h2-7,9,11-12,15,18H,8,10H2,1H3/t12-,15?/m0/s1. The highest BCUT2D eigenvalue weighted by Gasteiger charge is 2.30. The third kappa shape index (κ3) is 2.84. The Kier molecular flexibility index (Phi) is 3.78. The summed E-state index contributed by atoms with van der Waals surface area (Å²) in [5.74, 6) is 0.196. The number of fused-ring (bicyclic) bond motifs is 1. The molecule has 2 aromatic rings.